The maximum atomic E-state index is 4.24. The van der Waals surface area contributed by atoms with E-state index >= 15 is 0 Å². The zero-order chi connectivity index (χ0) is 25.5. The molecule has 34 heavy (non-hydrogen) atoms. The molecule has 0 amide bonds. The van der Waals surface area contributed by atoms with Crippen molar-refractivity contribution in [3.05, 3.63) is 58.7 Å². The van der Waals surface area contributed by atoms with E-state index in [0.717, 1.165) is 6.54 Å². The van der Waals surface area contributed by atoms with Crippen LogP contribution in [0, 0.1) is 0 Å². The Morgan fingerprint density at radius 1 is 0.765 bits per heavy atom. The maximum Gasteiger partial charge on any atom is 0.692 e. The highest BCUT2D eigenvalue weighted by atomic mass is 127. The van der Waals surface area contributed by atoms with Gasteiger partial charge in [-0.1, -0.05) is 91.8 Å². The molecule has 0 N–H and O–H groups in total. The van der Waals surface area contributed by atoms with Crippen LogP contribution in [0.15, 0.2) is 36.4 Å². The minimum absolute atomic E-state index is 0.0675. The average molecular weight is 859 g/mol. The Hall–Kier alpha value is 0.710. The first-order chi connectivity index (χ1) is 15.8. The summed E-state index contributed by atoms with van der Waals surface area (Å²) in [5.74, 6) is 1.91. The molecule has 0 unspecified atom stereocenters. The lowest BCUT2D eigenvalue weighted by atomic mass is 9.88. The number of rotatable bonds is 7. The molecule has 1 aliphatic rings. The summed E-state index contributed by atoms with van der Waals surface area (Å²) in [5.41, 5.74) is 10.0. The van der Waals surface area contributed by atoms with E-state index in [1.807, 2.05) is 0 Å². The van der Waals surface area contributed by atoms with Gasteiger partial charge >= 0.3 is 5.81 Å². The molecule has 0 aromatic heterocycles. The van der Waals surface area contributed by atoms with Crippen molar-refractivity contribution >= 4 is 105 Å². The van der Waals surface area contributed by atoms with Gasteiger partial charge in [0.2, 0.25) is 0 Å². The maximum absolute atomic E-state index is 4.24. The molecule has 0 atom stereocenters. The molecule has 2 aromatic rings. The summed E-state index contributed by atoms with van der Waals surface area (Å²) in [6, 6.07) is 13.8. The van der Waals surface area contributed by atoms with Gasteiger partial charge < -0.3 is 71.9 Å². The first-order valence-corrected chi connectivity index (χ1v) is 16.9. The number of hydrogen-bond donors (Lipinski definition) is 0. The van der Waals surface area contributed by atoms with E-state index in [1.54, 1.807) is 0 Å². The van der Waals surface area contributed by atoms with Crippen molar-refractivity contribution < 1.29 is 4.49 Å². The van der Waals surface area contributed by atoms with Crippen molar-refractivity contribution in [3.63, 3.8) is 0 Å². The Bertz CT molecular complexity index is 1030. The van der Waals surface area contributed by atoms with Crippen LogP contribution in [0.4, 0.5) is 11.4 Å². The normalized spacial score (nSPS) is 15.2. The molecule has 0 fully saturated rings. The fourth-order valence-electron chi connectivity index (χ4n) is 4.93. The predicted molar refractivity (Wildman–Crippen MR) is 184 cm³/mol. The minimum Gasteiger partial charge on any atom is -0.334 e. The van der Waals surface area contributed by atoms with Crippen LogP contribution in [-0.4, -0.2) is 22.2 Å². The standard InChI is InChI=1S/C26H36B2BrI3N2/c1-16(2)20-11-9-12-21(17(3)4)25(20)33-15-24(28(30,31)32)34(27(33)29)26-22(18(5)6)13-10-14-23(26)19(7)8/h9-14,16-19H,15H2,1-8H3. The predicted octanol–water partition coefficient (Wildman–Crippen LogP) is 9.95. The molecular formula is C26H36B2BrI3N2. The van der Waals surface area contributed by atoms with Crippen LogP contribution >= 0.6 is 82.9 Å². The summed E-state index contributed by atoms with van der Waals surface area (Å²) in [5, 5.41) is 0. The molecule has 0 spiro atoms. The number of hydrogen-bond acceptors (Lipinski definition) is 1. The van der Waals surface area contributed by atoms with Gasteiger partial charge in [-0.05, 0) is 50.6 Å². The van der Waals surface area contributed by atoms with E-state index in [9.17, 15) is 0 Å². The van der Waals surface area contributed by atoms with E-state index < -0.39 is -0.285 Å². The molecule has 2 aromatic carbocycles. The number of halogens is 4. The van der Waals surface area contributed by atoms with Crippen LogP contribution in [0.25, 0.3) is 0 Å². The monoisotopic (exact) mass is 858 g/mol. The first-order valence-electron chi connectivity index (χ1n) is 12.3. The van der Waals surface area contributed by atoms with Gasteiger partial charge in [-0.15, -0.1) is 0 Å². The number of anilines is 1. The summed E-state index contributed by atoms with van der Waals surface area (Å²) < 4.78 is 1.84. The molecule has 0 bridgehead atoms. The highest BCUT2D eigenvalue weighted by molar-refractivity contribution is 14.4. The fourth-order valence-corrected chi connectivity index (χ4v) is 7.24. The Morgan fingerprint density at radius 3 is 1.50 bits per heavy atom. The summed E-state index contributed by atoms with van der Waals surface area (Å²) >= 11 is 12.3. The van der Waals surface area contributed by atoms with Crippen LogP contribution in [-0.2, 0) is 0 Å². The van der Waals surface area contributed by atoms with Crippen molar-refractivity contribution in [2.45, 2.75) is 79.1 Å². The van der Waals surface area contributed by atoms with E-state index in [4.69, 9.17) is 0 Å². The van der Waals surface area contributed by atoms with Crippen molar-refractivity contribution in [1.29, 1.82) is 0 Å². The van der Waals surface area contributed by atoms with Crippen molar-refractivity contribution in [2.24, 2.45) is 0 Å². The van der Waals surface area contributed by atoms with Gasteiger partial charge in [0.15, 0.2) is 5.69 Å². The summed E-state index contributed by atoms with van der Waals surface area (Å²) in [7, 11) is 0. The smallest absolute Gasteiger partial charge is 0.334 e. The summed E-state index contributed by atoms with van der Waals surface area (Å²) in [4.78, 5) is 2.62. The van der Waals surface area contributed by atoms with Gasteiger partial charge in [-0.3, -0.25) is 4.49 Å². The van der Waals surface area contributed by atoms with Gasteiger partial charge in [0, 0.05) is 22.4 Å². The quantitative estimate of drug-likeness (QED) is 0.199. The molecule has 1 aliphatic heterocycles. The number of benzene rings is 2. The highest BCUT2D eigenvalue weighted by Crippen LogP contribution is 2.45. The number of para-hydroxylation sites is 2. The Kier molecular flexibility index (Phi) is 10.0. The second-order valence-electron chi connectivity index (χ2n) is 10.6. The van der Waals surface area contributed by atoms with Crippen LogP contribution < -0.4 is 4.81 Å². The second kappa shape index (κ2) is 11.6. The summed E-state index contributed by atoms with van der Waals surface area (Å²) in [6.07, 6.45) is 0. The van der Waals surface area contributed by atoms with Crippen LogP contribution in [0.3, 0.4) is 0 Å². The van der Waals surface area contributed by atoms with Gasteiger partial charge in [0.1, 0.15) is 0 Å². The third kappa shape index (κ3) is 5.89. The van der Waals surface area contributed by atoms with Crippen molar-refractivity contribution in [1.82, 2.24) is 0 Å². The van der Waals surface area contributed by atoms with Crippen LogP contribution in [0.1, 0.15) is 101 Å². The topological polar surface area (TPSA) is 6.25 Å². The lowest BCUT2D eigenvalue weighted by Crippen LogP contribution is -2.37. The Labute approximate surface area is 256 Å². The molecule has 0 aliphatic carbocycles. The van der Waals surface area contributed by atoms with Gasteiger partial charge in [0.25, 0.3) is -0.285 Å². The number of nitrogens with zero attached hydrogens (tertiary/aromatic N) is 2. The van der Waals surface area contributed by atoms with E-state index in [-0.39, 0.29) is 5.81 Å². The largest absolute Gasteiger partial charge is 0.692 e. The summed E-state index contributed by atoms with van der Waals surface area (Å²) in [6.45, 7) is 19.5. The lowest BCUT2D eigenvalue weighted by Gasteiger charge is -2.28. The van der Waals surface area contributed by atoms with Crippen molar-refractivity contribution in [2.75, 3.05) is 11.4 Å². The third-order valence-electron chi connectivity index (χ3n) is 6.70. The van der Waals surface area contributed by atoms with Crippen LogP contribution in [0.5, 0.6) is 0 Å². The van der Waals surface area contributed by atoms with Crippen molar-refractivity contribution in [3.8, 4) is 0 Å². The molecule has 0 saturated carbocycles. The SMILES string of the molecule is CC(C)c1cccc(C(C)C)c1N1CC([B-](I)(I)I)=[N+](c2c(C(C)C)cccc2C(C)C)B1Br. The first kappa shape index (κ1) is 29.3. The molecule has 1 heterocycles. The van der Waals surface area contributed by atoms with Gasteiger partial charge in [-0.2, -0.15) is 0 Å². The Balaban J connectivity index is 2.33. The highest BCUT2D eigenvalue weighted by Gasteiger charge is 2.51. The van der Waals surface area contributed by atoms with Gasteiger partial charge in [-0.25, -0.2) is 0 Å². The van der Waals surface area contributed by atoms with Crippen LogP contribution in [0.2, 0.25) is 0 Å². The molecule has 0 radical (unpaired) electrons. The Morgan fingerprint density at radius 2 is 1.15 bits per heavy atom. The van der Waals surface area contributed by atoms with E-state index in [0.29, 0.717) is 23.7 Å². The lowest BCUT2D eigenvalue weighted by molar-refractivity contribution is -0.274. The average Bonchev–Trinajstić information content (AvgIpc) is 3.09. The third-order valence-corrected chi connectivity index (χ3v) is 9.76. The van der Waals surface area contributed by atoms with E-state index in [1.165, 1.54) is 39.2 Å². The molecule has 0 saturated heterocycles. The minimum atomic E-state index is -0.794. The zero-order valence-electron chi connectivity index (χ0n) is 21.5. The molecular weight excluding hydrogens is 823 g/mol. The molecule has 8 heteroatoms. The fraction of sp³-hybridized carbons (Fsp3) is 0.500. The van der Waals surface area contributed by atoms with Gasteiger partial charge in [0.05, 0.1) is 6.54 Å². The molecule has 3 rings (SSSR count). The van der Waals surface area contributed by atoms with E-state index in [2.05, 4.69) is 184 Å². The molecule has 2 nitrogen and oxygen atoms in total. The molecule has 184 valence electrons. The zero-order valence-corrected chi connectivity index (χ0v) is 29.6. The second-order valence-corrected chi connectivity index (χ2v) is 24.1.